The van der Waals surface area contributed by atoms with E-state index >= 15 is 0 Å². The molecule has 0 aromatic heterocycles. The van der Waals surface area contributed by atoms with Crippen molar-refractivity contribution in [2.24, 2.45) is 0 Å². The molecule has 7 atom stereocenters. The van der Waals surface area contributed by atoms with E-state index in [0.717, 1.165) is 77.0 Å². The van der Waals surface area contributed by atoms with Gasteiger partial charge < -0.3 is 40.3 Å². The molecule has 1 aliphatic heterocycles. The van der Waals surface area contributed by atoms with E-state index in [1.54, 1.807) is 6.08 Å². The molecule has 1 heterocycles. The average Bonchev–Trinajstić information content (AvgIpc) is 3.42. The number of amides is 1. The van der Waals surface area contributed by atoms with Crippen LogP contribution in [0.3, 0.4) is 0 Å². The summed E-state index contributed by atoms with van der Waals surface area (Å²) in [6.07, 6.45) is 73.5. The molecule has 0 radical (unpaired) electrons. The van der Waals surface area contributed by atoms with E-state index < -0.39 is 49.5 Å². The van der Waals surface area contributed by atoms with E-state index in [4.69, 9.17) is 9.47 Å². The van der Waals surface area contributed by atoms with Gasteiger partial charge in [0.15, 0.2) is 6.29 Å². The Bertz CT molecular complexity index is 1510. The molecule has 9 heteroatoms. The molecular weight excluding hydrogens is 947 g/mol. The Hall–Kier alpha value is -2.89. The molecule has 1 amide bonds. The lowest BCUT2D eigenvalue weighted by Gasteiger charge is -2.40. The van der Waals surface area contributed by atoms with Gasteiger partial charge in [-0.1, -0.05) is 272 Å². The number of ether oxygens (including phenoxy) is 2. The van der Waals surface area contributed by atoms with Crippen LogP contribution in [0.5, 0.6) is 0 Å². The van der Waals surface area contributed by atoms with Crippen LogP contribution >= 0.6 is 0 Å². The van der Waals surface area contributed by atoms with Gasteiger partial charge in [-0.25, -0.2) is 0 Å². The van der Waals surface area contributed by atoms with Gasteiger partial charge >= 0.3 is 0 Å². The zero-order valence-corrected chi connectivity index (χ0v) is 48.7. The average molecular weight is 1060 g/mol. The second-order valence-corrected chi connectivity index (χ2v) is 21.5. The van der Waals surface area contributed by atoms with Crippen molar-refractivity contribution >= 4 is 5.91 Å². The first-order valence-corrected chi connectivity index (χ1v) is 31.5. The quantitative estimate of drug-likeness (QED) is 0.0261. The van der Waals surface area contributed by atoms with Gasteiger partial charge in [0.05, 0.1) is 25.4 Å². The van der Waals surface area contributed by atoms with Crippen molar-refractivity contribution in [2.45, 2.75) is 307 Å². The van der Waals surface area contributed by atoms with Crippen LogP contribution in [-0.2, 0) is 14.3 Å². The van der Waals surface area contributed by atoms with Gasteiger partial charge in [0.2, 0.25) is 5.91 Å². The smallest absolute Gasteiger partial charge is 0.220 e. The number of allylic oxidation sites excluding steroid dienone is 15. The Balaban J connectivity index is 2.12. The van der Waals surface area contributed by atoms with Gasteiger partial charge in [0.25, 0.3) is 0 Å². The molecule has 0 saturated carbocycles. The summed E-state index contributed by atoms with van der Waals surface area (Å²) in [5.74, 6) is -0.187. The molecule has 1 saturated heterocycles. The number of hydrogen-bond donors (Lipinski definition) is 6. The number of aliphatic hydroxyl groups excluding tert-OH is 5. The Morgan fingerprint density at radius 1 is 0.461 bits per heavy atom. The SMILES string of the molecule is CC/C=C\C/C=C\C/C=C\C/C=C\C/C=C\C/C=C\CCCCCCCCCCCCCCCCCCCCC(=O)NC(COC1OC(CO)C(O)C(O)C1O)C(O)/C=C/CC/C=C/CCCCCCCCCCCC. The number of unbranched alkanes of at least 4 members (excludes halogenated alkanes) is 29. The van der Waals surface area contributed by atoms with E-state index in [1.165, 1.54) is 167 Å². The first kappa shape index (κ1) is 71.1. The number of nitrogens with one attached hydrogen (secondary N) is 1. The standard InChI is InChI=1S/C67H117NO8/c1-3-5-7-9-11-13-15-17-19-21-22-23-24-25-26-27-28-29-30-31-32-33-34-35-36-37-38-39-40-41-43-45-47-49-51-53-55-57-63(71)68-60(59-75-67-66(74)65(73)64(72)62(58-69)76-67)61(70)56-54-52-50-48-46-44-42-20-18-16-14-12-10-8-6-4-2/h5,7,11,13,17,19,22-23,25-26,28-29,46,48,54,56,60-62,64-67,69-70,72-74H,3-4,6,8-10,12,14-16,18,20-21,24,27,30-45,47,49-53,55,57-59H2,1-2H3,(H,68,71)/b7-5-,13-11-,19-17-,23-22-,26-25-,29-28-,48-46+,56-54+. The summed E-state index contributed by atoms with van der Waals surface area (Å²) in [5.41, 5.74) is 0. The van der Waals surface area contributed by atoms with Gasteiger partial charge in [0.1, 0.15) is 24.4 Å². The van der Waals surface area contributed by atoms with Gasteiger partial charge in [-0.15, -0.1) is 0 Å². The van der Waals surface area contributed by atoms with Crippen molar-refractivity contribution in [1.29, 1.82) is 0 Å². The molecule has 0 aromatic rings. The van der Waals surface area contributed by atoms with Gasteiger partial charge in [-0.3, -0.25) is 4.79 Å². The Morgan fingerprint density at radius 2 is 0.829 bits per heavy atom. The maximum atomic E-state index is 13.1. The fraction of sp³-hybridized carbons (Fsp3) is 0.746. The van der Waals surface area contributed by atoms with E-state index in [9.17, 15) is 30.3 Å². The summed E-state index contributed by atoms with van der Waals surface area (Å²) in [6, 6.07) is -0.825. The first-order chi connectivity index (χ1) is 37.3. The van der Waals surface area contributed by atoms with Crippen LogP contribution in [0.15, 0.2) is 97.2 Å². The van der Waals surface area contributed by atoms with Crippen LogP contribution < -0.4 is 5.32 Å². The van der Waals surface area contributed by atoms with Gasteiger partial charge in [-0.2, -0.15) is 0 Å². The number of rotatable bonds is 53. The van der Waals surface area contributed by atoms with Crippen molar-refractivity contribution in [3.63, 3.8) is 0 Å². The lowest BCUT2D eigenvalue weighted by molar-refractivity contribution is -0.302. The Labute approximate surface area is 466 Å². The summed E-state index contributed by atoms with van der Waals surface area (Å²) in [7, 11) is 0. The monoisotopic (exact) mass is 1060 g/mol. The van der Waals surface area contributed by atoms with Crippen LogP contribution in [0.2, 0.25) is 0 Å². The molecule has 0 aliphatic carbocycles. The summed E-state index contributed by atoms with van der Waals surface area (Å²) < 4.78 is 11.3. The fourth-order valence-corrected chi connectivity index (χ4v) is 9.47. The van der Waals surface area contributed by atoms with E-state index in [0.29, 0.717) is 6.42 Å². The van der Waals surface area contributed by atoms with Crippen molar-refractivity contribution < 1.29 is 39.8 Å². The number of carbonyl (C=O) groups excluding carboxylic acids is 1. The highest BCUT2D eigenvalue weighted by molar-refractivity contribution is 5.76. The third-order valence-electron chi connectivity index (χ3n) is 14.4. The largest absolute Gasteiger partial charge is 0.394 e. The fourth-order valence-electron chi connectivity index (χ4n) is 9.47. The minimum absolute atomic E-state index is 0.187. The van der Waals surface area contributed by atoms with Crippen molar-refractivity contribution in [3.8, 4) is 0 Å². The van der Waals surface area contributed by atoms with Crippen LogP contribution in [0.1, 0.15) is 264 Å². The highest BCUT2D eigenvalue weighted by atomic mass is 16.7. The topological polar surface area (TPSA) is 149 Å². The van der Waals surface area contributed by atoms with Gasteiger partial charge in [-0.05, 0) is 83.5 Å². The molecule has 0 aromatic carbocycles. The predicted octanol–water partition coefficient (Wildman–Crippen LogP) is 16.4. The van der Waals surface area contributed by atoms with Crippen LogP contribution in [0, 0.1) is 0 Å². The Kier molecular flexibility index (Phi) is 51.9. The molecule has 7 unspecified atom stereocenters. The zero-order valence-electron chi connectivity index (χ0n) is 48.7. The highest BCUT2D eigenvalue weighted by Crippen LogP contribution is 2.23. The third-order valence-corrected chi connectivity index (χ3v) is 14.4. The summed E-state index contributed by atoms with van der Waals surface area (Å²) >= 11 is 0. The number of carbonyl (C=O) groups is 1. The molecule has 438 valence electrons. The maximum Gasteiger partial charge on any atom is 0.220 e. The lowest BCUT2D eigenvalue weighted by Crippen LogP contribution is -2.60. The van der Waals surface area contributed by atoms with E-state index in [1.807, 2.05) is 6.08 Å². The summed E-state index contributed by atoms with van der Waals surface area (Å²) in [5, 5.41) is 54.5. The van der Waals surface area contributed by atoms with Crippen LogP contribution in [-0.4, -0.2) is 87.5 Å². The van der Waals surface area contributed by atoms with E-state index in [-0.39, 0.29) is 12.5 Å². The van der Waals surface area contributed by atoms with Crippen molar-refractivity contribution in [1.82, 2.24) is 5.32 Å². The van der Waals surface area contributed by atoms with Crippen molar-refractivity contribution in [3.05, 3.63) is 97.2 Å². The number of hydrogen-bond acceptors (Lipinski definition) is 8. The van der Waals surface area contributed by atoms with Crippen LogP contribution in [0.25, 0.3) is 0 Å². The lowest BCUT2D eigenvalue weighted by atomic mass is 9.99. The second-order valence-electron chi connectivity index (χ2n) is 21.5. The Morgan fingerprint density at radius 3 is 1.26 bits per heavy atom. The molecule has 76 heavy (non-hydrogen) atoms. The van der Waals surface area contributed by atoms with E-state index in [2.05, 4.69) is 104 Å². The van der Waals surface area contributed by atoms with Crippen LogP contribution in [0.4, 0.5) is 0 Å². The zero-order chi connectivity index (χ0) is 55.0. The minimum Gasteiger partial charge on any atom is -0.394 e. The molecule has 9 nitrogen and oxygen atoms in total. The molecule has 1 aliphatic rings. The van der Waals surface area contributed by atoms with Crippen molar-refractivity contribution in [2.75, 3.05) is 13.2 Å². The minimum atomic E-state index is -1.57. The summed E-state index contributed by atoms with van der Waals surface area (Å²) in [6.45, 7) is 3.65. The molecule has 0 bridgehead atoms. The third kappa shape index (κ3) is 44.0. The molecule has 1 rings (SSSR count). The molecule has 6 N–H and O–H groups in total. The maximum absolute atomic E-state index is 13.1. The first-order valence-electron chi connectivity index (χ1n) is 31.5. The normalized spacial score (nSPS) is 19.5. The predicted molar refractivity (Wildman–Crippen MR) is 322 cm³/mol. The molecular formula is C67H117NO8. The summed E-state index contributed by atoms with van der Waals surface area (Å²) in [4.78, 5) is 13.1. The molecule has 0 spiro atoms. The second kappa shape index (κ2) is 55.4. The molecule has 1 fully saturated rings. The highest BCUT2D eigenvalue weighted by Gasteiger charge is 2.44. The number of aliphatic hydroxyl groups is 5. The van der Waals surface area contributed by atoms with Gasteiger partial charge in [0, 0.05) is 6.42 Å².